The summed E-state index contributed by atoms with van der Waals surface area (Å²) in [5.74, 6) is 0.591. The van der Waals surface area contributed by atoms with E-state index >= 15 is 0 Å². The minimum atomic E-state index is -3.46. The van der Waals surface area contributed by atoms with Gasteiger partial charge < -0.3 is 9.73 Å². The fourth-order valence-electron chi connectivity index (χ4n) is 3.40. The molecule has 31 heavy (non-hydrogen) atoms. The van der Waals surface area contributed by atoms with E-state index in [0.29, 0.717) is 37.0 Å². The van der Waals surface area contributed by atoms with Crippen molar-refractivity contribution in [1.29, 1.82) is 0 Å². The number of hydrogen-bond acceptors (Lipinski definition) is 6. The number of carbonyl (C=O) groups excluding carboxylic acids is 1. The summed E-state index contributed by atoms with van der Waals surface area (Å²) in [7, 11) is -3.46. The molecule has 1 aliphatic rings. The molecule has 1 amide bonds. The first-order valence-corrected chi connectivity index (χ1v) is 11.7. The number of rotatable bonds is 7. The number of benzene rings is 2. The van der Waals surface area contributed by atoms with Crippen LogP contribution >= 0.6 is 0 Å². The summed E-state index contributed by atoms with van der Waals surface area (Å²) >= 11 is 0. The van der Waals surface area contributed by atoms with Gasteiger partial charge in [-0.15, -0.1) is 10.2 Å². The van der Waals surface area contributed by atoms with Gasteiger partial charge in [0.2, 0.25) is 27.7 Å². The lowest BCUT2D eigenvalue weighted by atomic mass is 10.1. The summed E-state index contributed by atoms with van der Waals surface area (Å²) in [6.45, 7) is 3.12. The molecule has 0 radical (unpaired) electrons. The number of aryl methyl sites for hydroxylation is 2. The number of amides is 1. The van der Waals surface area contributed by atoms with E-state index in [-0.39, 0.29) is 17.2 Å². The van der Waals surface area contributed by atoms with Crippen LogP contribution in [0.1, 0.15) is 30.7 Å². The van der Waals surface area contributed by atoms with E-state index in [1.807, 2.05) is 31.2 Å². The first-order valence-electron chi connectivity index (χ1n) is 10.2. The fraction of sp³-hybridized carbons (Fsp3) is 0.318. The monoisotopic (exact) mass is 440 g/mol. The number of anilines is 1. The molecule has 2 aromatic carbocycles. The Morgan fingerprint density at radius 1 is 1.03 bits per heavy atom. The second-order valence-corrected chi connectivity index (χ2v) is 9.49. The quantitative estimate of drug-likeness (QED) is 0.604. The molecule has 0 aliphatic carbocycles. The molecular formula is C22H24N4O4S. The molecule has 0 bridgehead atoms. The Bertz CT molecular complexity index is 1150. The maximum atomic E-state index is 12.6. The van der Waals surface area contributed by atoms with E-state index in [2.05, 4.69) is 15.5 Å². The number of sulfonamides is 1. The Morgan fingerprint density at radius 2 is 1.71 bits per heavy atom. The lowest BCUT2D eigenvalue weighted by Gasteiger charge is -2.15. The lowest BCUT2D eigenvalue weighted by molar-refractivity contribution is -0.116. The standard InChI is InChI=1S/C22H24N4O4S/c1-16-4-6-17(7-5-16)22-25-24-21(30-22)13-12-20(27)23-18-8-10-19(11-9-18)31(28,29)26-14-2-3-15-26/h4-11H,2-3,12-15H2,1H3,(H,23,27). The highest BCUT2D eigenvalue weighted by Gasteiger charge is 2.26. The molecule has 9 heteroatoms. The van der Waals surface area contributed by atoms with Gasteiger partial charge in [0.05, 0.1) is 4.90 Å². The van der Waals surface area contributed by atoms with E-state index in [4.69, 9.17) is 4.42 Å². The summed E-state index contributed by atoms with van der Waals surface area (Å²) in [5.41, 5.74) is 2.51. The summed E-state index contributed by atoms with van der Waals surface area (Å²) < 4.78 is 32.3. The van der Waals surface area contributed by atoms with E-state index in [9.17, 15) is 13.2 Å². The van der Waals surface area contributed by atoms with Gasteiger partial charge in [0.1, 0.15) is 0 Å². The van der Waals surface area contributed by atoms with Crippen LogP contribution in [0.4, 0.5) is 5.69 Å². The van der Waals surface area contributed by atoms with Gasteiger partial charge in [0, 0.05) is 37.2 Å². The predicted molar refractivity (Wildman–Crippen MR) is 116 cm³/mol. The van der Waals surface area contributed by atoms with Gasteiger partial charge in [-0.25, -0.2) is 8.42 Å². The van der Waals surface area contributed by atoms with E-state index in [1.165, 1.54) is 16.4 Å². The number of carbonyl (C=O) groups is 1. The minimum Gasteiger partial charge on any atom is -0.421 e. The van der Waals surface area contributed by atoms with Crippen molar-refractivity contribution >= 4 is 21.6 Å². The molecule has 0 unspecified atom stereocenters. The normalized spacial score (nSPS) is 14.6. The molecule has 1 fully saturated rings. The zero-order chi connectivity index (χ0) is 21.8. The van der Waals surface area contributed by atoms with Crippen molar-refractivity contribution in [3.63, 3.8) is 0 Å². The summed E-state index contributed by atoms with van der Waals surface area (Å²) in [4.78, 5) is 12.5. The van der Waals surface area contributed by atoms with Gasteiger partial charge in [-0.2, -0.15) is 4.31 Å². The van der Waals surface area contributed by atoms with Crippen molar-refractivity contribution in [3.8, 4) is 11.5 Å². The molecular weight excluding hydrogens is 416 g/mol. The third-order valence-electron chi connectivity index (χ3n) is 5.17. The Morgan fingerprint density at radius 3 is 2.39 bits per heavy atom. The van der Waals surface area contributed by atoms with Gasteiger partial charge >= 0.3 is 0 Å². The maximum absolute atomic E-state index is 12.6. The van der Waals surface area contributed by atoms with Crippen LogP contribution in [0.2, 0.25) is 0 Å². The first kappa shape index (κ1) is 21.2. The molecule has 0 saturated carbocycles. The third kappa shape index (κ3) is 5.00. The molecule has 4 rings (SSSR count). The summed E-state index contributed by atoms with van der Waals surface area (Å²) in [5, 5.41) is 10.8. The van der Waals surface area contributed by atoms with Crippen LogP contribution < -0.4 is 5.32 Å². The largest absolute Gasteiger partial charge is 0.421 e. The third-order valence-corrected chi connectivity index (χ3v) is 7.09. The average Bonchev–Trinajstić information content (AvgIpc) is 3.46. The molecule has 0 atom stereocenters. The van der Waals surface area contributed by atoms with Crippen LogP contribution in [0.25, 0.3) is 11.5 Å². The van der Waals surface area contributed by atoms with Crippen molar-refractivity contribution in [2.45, 2.75) is 37.5 Å². The topological polar surface area (TPSA) is 105 Å². The molecule has 0 spiro atoms. The molecule has 1 N–H and O–H groups in total. The number of nitrogens with zero attached hydrogens (tertiary/aromatic N) is 3. The highest BCUT2D eigenvalue weighted by molar-refractivity contribution is 7.89. The Hall–Kier alpha value is -3.04. The maximum Gasteiger partial charge on any atom is 0.247 e. The highest BCUT2D eigenvalue weighted by atomic mass is 32.2. The smallest absolute Gasteiger partial charge is 0.247 e. The molecule has 1 aliphatic heterocycles. The van der Waals surface area contributed by atoms with Crippen LogP contribution in [-0.4, -0.2) is 41.9 Å². The van der Waals surface area contributed by atoms with E-state index in [1.54, 1.807) is 12.1 Å². The molecule has 8 nitrogen and oxygen atoms in total. The van der Waals surface area contributed by atoms with Crippen LogP contribution in [0, 0.1) is 6.92 Å². The molecule has 1 saturated heterocycles. The number of nitrogens with one attached hydrogen (secondary N) is 1. The van der Waals surface area contributed by atoms with Gasteiger partial charge in [0.15, 0.2) is 0 Å². The van der Waals surface area contributed by atoms with Crippen molar-refractivity contribution in [2.75, 3.05) is 18.4 Å². The van der Waals surface area contributed by atoms with Crippen molar-refractivity contribution < 1.29 is 17.6 Å². The van der Waals surface area contributed by atoms with Crippen molar-refractivity contribution in [1.82, 2.24) is 14.5 Å². The zero-order valence-corrected chi connectivity index (χ0v) is 18.1. The molecule has 2 heterocycles. The van der Waals surface area contributed by atoms with E-state index < -0.39 is 10.0 Å². The highest BCUT2D eigenvalue weighted by Crippen LogP contribution is 2.22. The van der Waals surface area contributed by atoms with Crippen molar-refractivity contribution in [2.24, 2.45) is 0 Å². The fourth-order valence-corrected chi connectivity index (χ4v) is 4.92. The minimum absolute atomic E-state index is 0.170. The van der Waals surface area contributed by atoms with Crippen molar-refractivity contribution in [3.05, 3.63) is 60.0 Å². The second kappa shape index (κ2) is 8.99. The summed E-state index contributed by atoms with van der Waals surface area (Å²) in [6.07, 6.45) is 2.26. The number of aromatic nitrogens is 2. The lowest BCUT2D eigenvalue weighted by Crippen LogP contribution is -2.27. The first-order chi connectivity index (χ1) is 14.9. The molecule has 3 aromatic rings. The Labute approximate surface area is 181 Å². The SMILES string of the molecule is Cc1ccc(-c2nnc(CCC(=O)Nc3ccc(S(=O)(=O)N4CCCC4)cc3)o2)cc1. The Balaban J connectivity index is 1.31. The Kier molecular flexibility index (Phi) is 6.15. The van der Waals surface area contributed by atoms with E-state index in [0.717, 1.165) is 24.0 Å². The zero-order valence-electron chi connectivity index (χ0n) is 17.2. The summed E-state index contributed by atoms with van der Waals surface area (Å²) in [6, 6.07) is 14.0. The van der Waals surface area contributed by atoms with Crippen LogP contribution in [0.3, 0.4) is 0 Å². The van der Waals surface area contributed by atoms with Gasteiger partial charge in [-0.1, -0.05) is 17.7 Å². The van der Waals surface area contributed by atoms with Gasteiger partial charge in [0.25, 0.3) is 0 Å². The average molecular weight is 441 g/mol. The second-order valence-electron chi connectivity index (χ2n) is 7.55. The van der Waals surface area contributed by atoms with Gasteiger partial charge in [-0.05, 0) is 56.2 Å². The molecule has 162 valence electrons. The van der Waals surface area contributed by atoms with Crippen LogP contribution in [0.5, 0.6) is 0 Å². The molecule has 1 aromatic heterocycles. The predicted octanol–water partition coefficient (Wildman–Crippen LogP) is 3.40. The number of hydrogen-bond donors (Lipinski definition) is 1. The van der Waals surface area contributed by atoms with Crippen LogP contribution in [-0.2, 0) is 21.2 Å². The van der Waals surface area contributed by atoms with Gasteiger partial charge in [-0.3, -0.25) is 4.79 Å². The van der Waals surface area contributed by atoms with Crippen LogP contribution in [0.15, 0.2) is 57.8 Å².